The number of urea groups is 1. The van der Waals surface area contributed by atoms with E-state index in [1.807, 2.05) is 0 Å². The van der Waals surface area contributed by atoms with Crippen LogP contribution in [0.5, 0.6) is 11.5 Å². The lowest BCUT2D eigenvalue weighted by Crippen LogP contribution is -2.34. The monoisotopic (exact) mass is 407 g/mol. The zero-order chi connectivity index (χ0) is 20.7. The van der Waals surface area contributed by atoms with E-state index in [2.05, 4.69) is 15.3 Å². The summed E-state index contributed by atoms with van der Waals surface area (Å²) >= 11 is 0.987. The Morgan fingerprint density at radius 3 is 2.36 bits per heavy atom. The van der Waals surface area contributed by atoms with E-state index in [4.69, 9.17) is 14.2 Å². The van der Waals surface area contributed by atoms with Crippen LogP contribution in [0, 0.1) is 5.92 Å². The normalized spacial score (nSPS) is 16.0. The minimum absolute atomic E-state index is 0.0607. The Hall–Kier alpha value is -2.88. The molecule has 1 aliphatic heterocycles. The Morgan fingerprint density at radius 1 is 1.14 bits per heavy atom. The van der Waals surface area contributed by atoms with Crippen LogP contribution in [0.3, 0.4) is 0 Å². The van der Waals surface area contributed by atoms with Crippen LogP contribution in [0.15, 0.2) is 28.2 Å². The Bertz CT molecular complexity index is 814. The standard InChI is InChI=1S/C18H21N3O6S/c1-5-27-17(23)15-10(2)19-18(24)21-16(15)28-9-14(22)20-11-6-12(25-3)8-13(7-11)26-4/h6-8,15H,5,9H2,1-4H3,(H,20,22). The molecule has 1 aliphatic rings. The van der Waals surface area contributed by atoms with E-state index in [1.54, 1.807) is 32.0 Å². The average Bonchev–Trinajstić information content (AvgIpc) is 2.65. The molecule has 1 heterocycles. The van der Waals surface area contributed by atoms with Gasteiger partial charge in [0.05, 0.1) is 31.6 Å². The molecule has 9 nitrogen and oxygen atoms in total. The van der Waals surface area contributed by atoms with Gasteiger partial charge in [-0.15, -0.1) is 0 Å². The molecule has 0 radical (unpaired) electrons. The molecule has 2 rings (SSSR count). The highest BCUT2D eigenvalue weighted by Gasteiger charge is 2.33. The van der Waals surface area contributed by atoms with Gasteiger partial charge in [-0.2, -0.15) is 9.98 Å². The van der Waals surface area contributed by atoms with Crippen molar-refractivity contribution >= 4 is 46.1 Å². The second-order valence-corrected chi connectivity index (χ2v) is 6.60. The molecular weight excluding hydrogens is 386 g/mol. The fourth-order valence-electron chi connectivity index (χ4n) is 2.41. The maximum Gasteiger partial charge on any atom is 0.367 e. The van der Waals surface area contributed by atoms with Crippen LogP contribution in [0.1, 0.15) is 13.8 Å². The second kappa shape index (κ2) is 9.88. The third-order valence-corrected chi connectivity index (χ3v) is 4.68. The van der Waals surface area contributed by atoms with Crippen molar-refractivity contribution in [2.24, 2.45) is 15.9 Å². The molecule has 28 heavy (non-hydrogen) atoms. The minimum Gasteiger partial charge on any atom is -0.497 e. The van der Waals surface area contributed by atoms with Gasteiger partial charge < -0.3 is 19.5 Å². The summed E-state index contributed by atoms with van der Waals surface area (Å²) in [7, 11) is 3.02. The fraction of sp³-hybridized carbons (Fsp3) is 0.389. The van der Waals surface area contributed by atoms with Crippen molar-refractivity contribution in [3.63, 3.8) is 0 Å². The number of carbonyl (C=O) groups is 3. The van der Waals surface area contributed by atoms with Gasteiger partial charge in [0.15, 0.2) is 0 Å². The number of methoxy groups -OCH3 is 2. The van der Waals surface area contributed by atoms with E-state index in [0.29, 0.717) is 22.9 Å². The average molecular weight is 407 g/mol. The maximum absolute atomic E-state index is 12.3. The number of amides is 3. The summed E-state index contributed by atoms with van der Waals surface area (Å²) in [5.41, 5.74) is 0.780. The van der Waals surface area contributed by atoms with Gasteiger partial charge in [0.1, 0.15) is 17.4 Å². The van der Waals surface area contributed by atoms with Crippen molar-refractivity contribution in [1.29, 1.82) is 0 Å². The van der Waals surface area contributed by atoms with Gasteiger partial charge in [0.2, 0.25) is 5.91 Å². The molecule has 10 heteroatoms. The van der Waals surface area contributed by atoms with E-state index >= 15 is 0 Å². The molecule has 1 aromatic carbocycles. The summed E-state index contributed by atoms with van der Waals surface area (Å²) in [6, 6.07) is 4.26. The number of ether oxygens (including phenoxy) is 3. The highest BCUT2D eigenvalue weighted by Crippen LogP contribution is 2.26. The number of aliphatic imine (C=N–C) groups is 2. The molecule has 1 atom stereocenters. The maximum atomic E-state index is 12.3. The van der Waals surface area contributed by atoms with Crippen molar-refractivity contribution < 1.29 is 28.6 Å². The van der Waals surface area contributed by atoms with Crippen LogP contribution in [-0.4, -0.2) is 55.2 Å². The molecule has 0 saturated carbocycles. The molecule has 0 aliphatic carbocycles. The topological polar surface area (TPSA) is 116 Å². The van der Waals surface area contributed by atoms with Crippen molar-refractivity contribution in [3.05, 3.63) is 18.2 Å². The molecule has 0 aromatic heterocycles. The number of thioether (sulfide) groups is 1. The number of hydrogen-bond acceptors (Lipinski definition) is 7. The van der Waals surface area contributed by atoms with Crippen LogP contribution in [0.4, 0.5) is 10.5 Å². The number of carbonyl (C=O) groups excluding carboxylic acids is 3. The number of nitrogens with zero attached hydrogens (tertiary/aromatic N) is 2. The van der Waals surface area contributed by atoms with Gasteiger partial charge in [-0.1, -0.05) is 11.8 Å². The van der Waals surface area contributed by atoms with Gasteiger partial charge in [-0.25, -0.2) is 4.79 Å². The summed E-state index contributed by atoms with van der Waals surface area (Å²) < 4.78 is 15.3. The number of anilines is 1. The van der Waals surface area contributed by atoms with E-state index in [0.717, 1.165) is 11.8 Å². The Balaban J connectivity index is 2.06. The molecule has 0 spiro atoms. The van der Waals surface area contributed by atoms with Crippen molar-refractivity contribution in [1.82, 2.24) is 0 Å². The third-order valence-electron chi connectivity index (χ3n) is 3.65. The first-order valence-corrected chi connectivity index (χ1v) is 9.36. The van der Waals surface area contributed by atoms with E-state index in [-0.39, 0.29) is 23.3 Å². The van der Waals surface area contributed by atoms with Gasteiger partial charge in [-0.05, 0) is 13.8 Å². The highest BCUT2D eigenvalue weighted by atomic mass is 32.2. The summed E-state index contributed by atoms with van der Waals surface area (Å²) in [6.07, 6.45) is 0. The molecule has 0 saturated heterocycles. The molecule has 150 valence electrons. The van der Waals surface area contributed by atoms with E-state index in [1.165, 1.54) is 14.2 Å². The first-order chi connectivity index (χ1) is 13.4. The predicted octanol–water partition coefficient (Wildman–Crippen LogP) is 2.55. The van der Waals surface area contributed by atoms with Crippen molar-refractivity contribution in [2.75, 3.05) is 31.9 Å². The largest absolute Gasteiger partial charge is 0.497 e. The lowest BCUT2D eigenvalue weighted by atomic mass is 10.1. The zero-order valence-corrected chi connectivity index (χ0v) is 16.8. The third kappa shape index (κ3) is 5.56. The second-order valence-electron chi connectivity index (χ2n) is 5.61. The zero-order valence-electron chi connectivity index (χ0n) is 16.0. The molecule has 0 fully saturated rings. The number of hydrogen-bond donors (Lipinski definition) is 1. The molecule has 1 unspecified atom stereocenters. The van der Waals surface area contributed by atoms with Gasteiger partial charge >= 0.3 is 12.0 Å². The predicted molar refractivity (Wildman–Crippen MR) is 107 cm³/mol. The summed E-state index contributed by atoms with van der Waals surface area (Å²) in [4.78, 5) is 43.6. The number of esters is 1. The smallest absolute Gasteiger partial charge is 0.367 e. The van der Waals surface area contributed by atoms with Crippen molar-refractivity contribution in [2.45, 2.75) is 13.8 Å². The van der Waals surface area contributed by atoms with Crippen LogP contribution < -0.4 is 14.8 Å². The number of nitrogens with one attached hydrogen (secondary N) is 1. The number of benzene rings is 1. The van der Waals surface area contributed by atoms with E-state index in [9.17, 15) is 14.4 Å². The molecule has 0 bridgehead atoms. The molecule has 3 amide bonds. The Kier molecular flexibility index (Phi) is 7.56. The van der Waals surface area contributed by atoms with Crippen LogP contribution in [-0.2, 0) is 14.3 Å². The summed E-state index contributed by atoms with van der Waals surface area (Å²) in [5.74, 6) is -0.793. The van der Waals surface area contributed by atoms with Gasteiger partial charge in [-0.3, -0.25) is 9.59 Å². The van der Waals surface area contributed by atoms with Gasteiger partial charge in [0, 0.05) is 29.6 Å². The lowest BCUT2D eigenvalue weighted by molar-refractivity contribution is -0.143. The molecular formula is C18H21N3O6S. The van der Waals surface area contributed by atoms with Gasteiger partial charge in [0.25, 0.3) is 0 Å². The first kappa shape index (κ1) is 21.4. The number of rotatable bonds is 7. The molecule has 1 aromatic rings. The summed E-state index contributed by atoms with van der Waals surface area (Å²) in [5, 5.41) is 2.91. The lowest BCUT2D eigenvalue weighted by Gasteiger charge is -2.19. The van der Waals surface area contributed by atoms with E-state index < -0.39 is 17.9 Å². The Morgan fingerprint density at radius 2 is 1.79 bits per heavy atom. The van der Waals surface area contributed by atoms with Crippen LogP contribution in [0.25, 0.3) is 0 Å². The quantitative estimate of drug-likeness (QED) is 0.691. The highest BCUT2D eigenvalue weighted by molar-refractivity contribution is 8.14. The SMILES string of the molecule is CCOC(=O)C1C(C)=NC(=O)N=C1SCC(=O)Nc1cc(OC)cc(OC)c1. The summed E-state index contributed by atoms with van der Waals surface area (Å²) in [6.45, 7) is 3.42. The van der Waals surface area contributed by atoms with Crippen molar-refractivity contribution in [3.8, 4) is 11.5 Å². The van der Waals surface area contributed by atoms with Crippen LogP contribution in [0.2, 0.25) is 0 Å². The first-order valence-electron chi connectivity index (χ1n) is 8.38. The van der Waals surface area contributed by atoms with Crippen LogP contribution >= 0.6 is 11.8 Å². The molecule has 1 N–H and O–H groups in total. The minimum atomic E-state index is -0.882. The fourth-order valence-corrected chi connectivity index (χ4v) is 3.33. The Labute approximate surface area is 166 Å².